The molecular weight excluding hydrogens is 387 g/mol. The molecule has 0 N–H and O–H groups in total. The molecule has 7 heteroatoms. The standard InChI is InChI=1S/C14H17IN2O4/c1-4-16-6-7-5-8(20-2)10-9(15)12(18)13(21-3)11(14(16)19)17(7)10/h7-8H,4-6H2,1-3H3. The summed E-state index contributed by atoms with van der Waals surface area (Å²) < 4.78 is 13.3. The molecule has 0 aromatic carbocycles. The summed E-state index contributed by atoms with van der Waals surface area (Å²) in [5.74, 6) is 0.00477. The summed E-state index contributed by atoms with van der Waals surface area (Å²) in [5, 5.41) is 0. The normalized spacial score (nSPS) is 23.4. The number of carbonyl (C=O) groups excluding carboxylic acids is 1. The van der Waals surface area contributed by atoms with Crippen LogP contribution in [0.4, 0.5) is 0 Å². The number of methoxy groups -OCH3 is 2. The van der Waals surface area contributed by atoms with Crippen molar-refractivity contribution in [3.8, 4) is 5.75 Å². The fourth-order valence-electron chi connectivity index (χ4n) is 3.31. The first-order valence-corrected chi connectivity index (χ1v) is 7.96. The smallest absolute Gasteiger partial charge is 0.274 e. The molecule has 21 heavy (non-hydrogen) atoms. The zero-order valence-electron chi connectivity index (χ0n) is 12.2. The molecule has 1 amide bonds. The van der Waals surface area contributed by atoms with Crippen LogP contribution in [-0.4, -0.2) is 42.7 Å². The highest BCUT2D eigenvalue weighted by Crippen LogP contribution is 2.43. The molecule has 3 heterocycles. The van der Waals surface area contributed by atoms with Crippen LogP contribution in [0.25, 0.3) is 0 Å². The van der Waals surface area contributed by atoms with Gasteiger partial charge in [-0.05, 0) is 29.5 Å². The molecular formula is C14H17IN2O4. The predicted octanol–water partition coefficient (Wildman–Crippen LogP) is 1.57. The summed E-state index contributed by atoms with van der Waals surface area (Å²) in [5.41, 5.74) is 0.955. The minimum atomic E-state index is -0.228. The maximum atomic E-state index is 12.7. The molecule has 0 radical (unpaired) electrons. The Kier molecular flexibility index (Phi) is 3.73. The van der Waals surface area contributed by atoms with Crippen molar-refractivity contribution in [3.05, 3.63) is 25.2 Å². The van der Waals surface area contributed by atoms with Crippen molar-refractivity contribution in [3.63, 3.8) is 0 Å². The zero-order valence-corrected chi connectivity index (χ0v) is 14.3. The van der Waals surface area contributed by atoms with Gasteiger partial charge in [-0.1, -0.05) is 0 Å². The number of halogens is 1. The molecule has 2 aliphatic heterocycles. The molecule has 1 aromatic heterocycles. The van der Waals surface area contributed by atoms with Crippen LogP contribution in [0, 0.1) is 3.57 Å². The van der Waals surface area contributed by atoms with Crippen molar-refractivity contribution in [2.75, 3.05) is 27.3 Å². The first-order chi connectivity index (χ1) is 10.0. The molecule has 2 atom stereocenters. The number of likely N-dealkylation sites (N-methyl/N-ethyl adjacent to an activating group) is 1. The summed E-state index contributed by atoms with van der Waals surface area (Å²) in [6.45, 7) is 3.21. The van der Waals surface area contributed by atoms with Crippen molar-refractivity contribution in [2.45, 2.75) is 25.5 Å². The second-order valence-electron chi connectivity index (χ2n) is 5.24. The number of ether oxygens (including phenoxy) is 2. The van der Waals surface area contributed by atoms with Gasteiger partial charge in [-0.3, -0.25) is 9.59 Å². The summed E-state index contributed by atoms with van der Waals surface area (Å²) in [7, 11) is 3.07. The fourth-order valence-corrected chi connectivity index (χ4v) is 4.16. The van der Waals surface area contributed by atoms with Gasteiger partial charge in [0.25, 0.3) is 5.91 Å². The molecule has 1 aromatic rings. The number of hydrogen-bond acceptors (Lipinski definition) is 4. The van der Waals surface area contributed by atoms with E-state index < -0.39 is 0 Å². The van der Waals surface area contributed by atoms with E-state index in [1.54, 1.807) is 12.0 Å². The van der Waals surface area contributed by atoms with Crippen molar-refractivity contribution in [1.82, 2.24) is 9.47 Å². The molecule has 0 saturated carbocycles. The number of amides is 1. The number of pyridine rings is 1. The molecule has 0 fully saturated rings. The van der Waals surface area contributed by atoms with Gasteiger partial charge in [0.1, 0.15) is 6.10 Å². The van der Waals surface area contributed by atoms with E-state index in [0.717, 1.165) is 12.1 Å². The summed E-state index contributed by atoms with van der Waals surface area (Å²) in [6.07, 6.45) is 0.624. The van der Waals surface area contributed by atoms with E-state index in [9.17, 15) is 9.59 Å². The van der Waals surface area contributed by atoms with Gasteiger partial charge >= 0.3 is 0 Å². The van der Waals surface area contributed by atoms with Gasteiger partial charge in [0, 0.05) is 26.6 Å². The molecule has 2 aliphatic rings. The van der Waals surface area contributed by atoms with E-state index in [1.165, 1.54) is 7.11 Å². The molecule has 6 nitrogen and oxygen atoms in total. The highest BCUT2D eigenvalue weighted by atomic mass is 127. The Morgan fingerprint density at radius 2 is 2.05 bits per heavy atom. The average Bonchev–Trinajstić information content (AvgIpc) is 2.86. The minimum absolute atomic E-state index is 0.139. The third-order valence-corrected chi connectivity index (χ3v) is 5.34. The van der Waals surface area contributed by atoms with Crippen LogP contribution in [0.2, 0.25) is 0 Å². The van der Waals surface area contributed by atoms with Gasteiger partial charge in [-0.25, -0.2) is 0 Å². The van der Waals surface area contributed by atoms with E-state index in [1.807, 2.05) is 34.1 Å². The van der Waals surface area contributed by atoms with Crippen LogP contribution in [0.1, 0.15) is 41.7 Å². The maximum absolute atomic E-state index is 12.7. The fraction of sp³-hybridized carbons (Fsp3) is 0.571. The topological polar surface area (TPSA) is 60.8 Å². The summed E-state index contributed by atoms with van der Waals surface area (Å²) >= 11 is 2.03. The van der Waals surface area contributed by atoms with E-state index in [4.69, 9.17) is 9.47 Å². The molecule has 3 rings (SSSR count). The van der Waals surface area contributed by atoms with Crippen molar-refractivity contribution in [2.24, 2.45) is 0 Å². The Morgan fingerprint density at radius 3 is 2.62 bits per heavy atom. The summed E-state index contributed by atoms with van der Waals surface area (Å²) in [6, 6.07) is 0.139. The van der Waals surface area contributed by atoms with Crippen LogP contribution < -0.4 is 10.2 Å². The number of rotatable bonds is 3. The number of nitrogens with zero attached hydrogens (tertiary/aromatic N) is 2. The molecule has 0 bridgehead atoms. The van der Waals surface area contributed by atoms with Crippen molar-refractivity contribution >= 4 is 28.5 Å². The first-order valence-electron chi connectivity index (χ1n) is 6.89. The Morgan fingerprint density at radius 1 is 1.33 bits per heavy atom. The van der Waals surface area contributed by atoms with Gasteiger partial charge in [0.05, 0.1) is 22.4 Å². The van der Waals surface area contributed by atoms with Crippen LogP contribution in [0.3, 0.4) is 0 Å². The third kappa shape index (κ3) is 1.93. The van der Waals surface area contributed by atoms with E-state index >= 15 is 0 Å². The SMILES string of the molecule is CCN1CC2CC(OC)c3c(I)c(=O)c(OC)c(n32)C1=O. The maximum Gasteiger partial charge on any atom is 0.274 e. The lowest BCUT2D eigenvalue weighted by Gasteiger charge is -2.34. The highest BCUT2D eigenvalue weighted by molar-refractivity contribution is 14.1. The number of aromatic nitrogens is 1. The second-order valence-corrected chi connectivity index (χ2v) is 6.32. The lowest BCUT2D eigenvalue weighted by atomic mass is 10.1. The first kappa shape index (κ1) is 14.8. The molecule has 0 aliphatic carbocycles. The zero-order chi connectivity index (χ0) is 15.3. The lowest BCUT2D eigenvalue weighted by molar-refractivity contribution is 0.0652. The van der Waals surface area contributed by atoms with Gasteiger partial charge < -0.3 is 18.9 Å². The lowest BCUT2D eigenvalue weighted by Crippen LogP contribution is -2.44. The monoisotopic (exact) mass is 404 g/mol. The van der Waals surface area contributed by atoms with Gasteiger partial charge in [-0.2, -0.15) is 0 Å². The Balaban J connectivity index is 2.35. The van der Waals surface area contributed by atoms with Crippen molar-refractivity contribution in [1.29, 1.82) is 0 Å². The summed E-state index contributed by atoms with van der Waals surface area (Å²) in [4.78, 5) is 26.9. The highest BCUT2D eigenvalue weighted by Gasteiger charge is 2.43. The van der Waals surface area contributed by atoms with Crippen LogP contribution in [0.5, 0.6) is 5.75 Å². The third-order valence-electron chi connectivity index (χ3n) is 4.29. The molecule has 0 saturated heterocycles. The Bertz CT molecular complexity index is 670. The minimum Gasteiger partial charge on any atom is -0.491 e. The van der Waals surface area contributed by atoms with Gasteiger partial charge in [0.15, 0.2) is 11.4 Å². The van der Waals surface area contributed by atoms with Crippen LogP contribution in [-0.2, 0) is 4.74 Å². The van der Waals surface area contributed by atoms with Crippen LogP contribution in [0.15, 0.2) is 4.79 Å². The van der Waals surface area contributed by atoms with E-state index in [2.05, 4.69) is 0 Å². The number of hydrogen-bond donors (Lipinski definition) is 0. The Hall–Kier alpha value is -1.09. The van der Waals surface area contributed by atoms with Crippen molar-refractivity contribution < 1.29 is 14.3 Å². The second kappa shape index (κ2) is 5.28. The van der Waals surface area contributed by atoms with Gasteiger partial charge in [0.2, 0.25) is 5.43 Å². The average molecular weight is 404 g/mol. The molecule has 0 spiro atoms. The number of carbonyl (C=O) groups is 1. The Labute approximate surface area is 136 Å². The van der Waals surface area contributed by atoms with Crippen LogP contribution >= 0.6 is 22.6 Å². The largest absolute Gasteiger partial charge is 0.491 e. The quantitative estimate of drug-likeness (QED) is 0.718. The molecule has 114 valence electrons. The van der Waals surface area contributed by atoms with E-state index in [0.29, 0.717) is 22.4 Å². The van der Waals surface area contributed by atoms with Gasteiger partial charge in [-0.15, -0.1) is 0 Å². The van der Waals surface area contributed by atoms with E-state index in [-0.39, 0.29) is 29.2 Å². The predicted molar refractivity (Wildman–Crippen MR) is 85.0 cm³/mol. The molecule has 2 unspecified atom stereocenters.